The summed E-state index contributed by atoms with van der Waals surface area (Å²) in [6, 6.07) is 30.3. The Balaban J connectivity index is 0.000000269. The summed E-state index contributed by atoms with van der Waals surface area (Å²) >= 11 is 0. The zero-order chi connectivity index (χ0) is 52.4. The Morgan fingerprint density at radius 1 is 0.528 bits per heavy atom. The van der Waals surface area contributed by atoms with Gasteiger partial charge in [-0.2, -0.15) is 52.7 Å². The largest absolute Gasteiger partial charge is 0.416 e. The molecule has 5 aromatic carbocycles. The highest BCUT2D eigenvalue weighted by Crippen LogP contribution is 2.52. The zero-order valence-corrected chi connectivity index (χ0v) is 38.1. The molecule has 2 saturated carbocycles. The van der Waals surface area contributed by atoms with Gasteiger partial charge in [-0.3, -0.25) is 14.9 Å². The van der Waals surface area contributed by atoms with Crippen LogP contribution in [0.2, 0.25) is 0 Å². The highest BCUT2D eigenvalue weighted by molar-refractivity contribution is 5.87. The molecule has 0 aromatic heterocycles. The molecule has 390 valence electrons. The van der Waals surface area contributed by atoms with Crippen LogP contribution in [0.5, 0.6) is 0 Å². The topological polar surface area (TPSA) is 143 Å². The molecule has 5 aromatic rings. The first-order valence-electron chi connectivity index (χ1n) is 22.0. The number of nitrogens with two attached hydrogens (primary N) is 3. The highest BCUT2D eigenvalue weighted by atomic mass is 19.4. The first kappa shape index (κ1) is 56.9. The van der Waals surface area contributed by atoms with Gasteiger partial charge in [-0.25, -0.2) is 0 Å². The van der Waals surface area contributed by atoms with E-state index in [0.717, 1.165) is 16.7 Å². The SMILES string of the molecule is C.C[C@@H](OCC1(c2ccccc2)CC(N)(C(N)=O)C1)c1cc(C(F)(F)F)cc(C(F)(F)F)c1.C[C@@H](OCC1(c2ccccc2)CC(NCc2ccccc2)(C(N)=O)C1)c1cc(C(F)(F)F)cc(C(F)(F)F)c1. The first-order valence-corrected chi connectivity index (χ1v) is 22.0. The second kappa shape index (κ2) is 21.2. The van der Waals surface area contributed by atoms with Crippen LogP contribution in [0.25, 0.3) is 0 Å². The Kier molecular flexibility index (Phi) is 16.8. The van der Waals surface area contributed by atoms with Crippen LogP contribution in [0, 0.1) is 0 Å². The molecule has 0 radical (unpaired) electrons. The van der Waals surface area contributed by atoms with Crippen molar-refractivity contribution in [1.29, 1.82) is 0 Å². The van der Waals surface area contributed by atoms with Crippen LogP contribution in [0.1, 0.15) is 109 Å². The quantitative estimate of drug-likeness (QED) is 0.0769. The minimum absolute atomic E-state index is 0. The number of carbonyl (C=O) groups excluding carboxylic acids is 2. The van der Waals surface area contributed by atoms with Crippen LogP contribution in [-0.2, 0) is 61.1 Å². The van der Waals surface area contributed by atoms with Crippen LogP contribution >= 0.6 is 0 Å². The van der Waals surface area contributed by atoms with Crippen molar-refractivity contribution in [3.8, 4) is 0 Å². The fraction of sp³-hybridized carbons (Fsp3) is 0.385. The predicted molar refractivity (Wildman–Crippen MR) is 244 cm³/mol. The molecule has 7 rings (SSSR count). The van der Waals surface area contributed by atoms with Gasteiger partial charge in [0.05, 0.1) is 58.8 Å². The van der Waals surface area contributed by atoms with Crippen molar-refractivity contribution >= 4 is 11.8 Å². The van der Waals surface area contributed by atoms with Gasteiger partial charge in [0, 0.05) is 17.4 Å². The zero-order valence-electron chi connectivity index (χ0n) is 38.1. The lowest BCUT2D eigenvalue weighted by Crippen LogP contribution is -2.69. The lowest BCUT2D eigenvalue weighted by atomic mass is 9.54. The number of benzene rings is 5. The van der Waals surface area contributed by atoms with E-state index in [2.05, 4.69) is 5.32 Å². The lowest BCUT2D eigenvalue weighted by molar-refractivity contribution is -0.145. The maximum atomic E-state index is 13.4. The highest BCUT2D eigenvalue weighted by Gasteiger charge is 2.59. The number of ether oxygens (including phenoxy) is 2. The molecule has 0 bridgehead atoms. The van der Waals surface area contributed by atoms with Gasteiger partial charge in [-0.1, -0.05) is 98.4 Å². The van der Waals surface area contributed by atoms with Crippen LogP contribution < -0.4 is 22.5 Å². The van der Waals surface area contributed by atoms with Crippen molar-refractivity contribution in [2.75, 3.05) is 13.2 Å². The molecule has 2 amide bonds. The predicted octanol–water partition coefficient (Wildman–Crippen LogP) is 11.9. The molecule has 8 nitrogen and oxygen atoms in total. The van der Waals surface area contributed by atoms with E-state index in [1.54, 1.807) is 30.3 Å². The number of primary amides is 2. The van der Waals surface area contributed by atoms with Crippen LogP contribution in [0.3, 0.4) is 0 Å². The van der Waals surface area contributed by atoms with E-state index in [4.69, 9.17) is 26.7 Å². The number of nitrogens with one attached hydrogen (secondary N) is 1. The smallest absolute Gasteiger partial charge is 0.373 e. The number of hydrogen-bond donors (Lipinski definition) is 4. The van der Waals surface area contributed by atoms with Gasteiger partial charge in [0.25, 0.3) is 0 Å². The molecule has 2 aliphatic carbocycles. The summed E-state index contributed by atoms with van der Waals surface area (Å²) in [7, 11) is 0. The number of amides is 2. The summed E-state index contributed by atoms with van der Waals surface area (Å²) in [4.78, 5) is 24.3. The fourth-order valence-electron chi connectivity index (χ4n) is 9.24. The normalized spacial score (nSPS) is 23.0. The van der Waals surface area contributed by atoms with Gasteiger partial charge >= 0.3 is 24.7 Å². The average molecular weight is 1030 g/mol. The second-order valence-electron chi connectivity index (χ2n) is 18.4. The Morgan fingerprint density at radius 2 is 0.847 bits per heavy atom. The van der Waals surface area contributed by atoms with Crippen molar-refractivity contribution in [1.82, 2.24) is 5.32 Å². The molecule has 0 spiro atoms. The molecule has 0 heterocycles. The Labute approximate surface area is 408 Å². The number of hydrogen-bond acceptors (Lipinski definition) is 6. The third kappa shape index (κ3) is 13.0. The Hall–Kier alpha value is -5.96. The number of alkyl halides is 12. The molecule has 0 saturated heterocycles. The molecule has 2 aliphatic rings. The standard InChI is InChI=1S/C29H28F6N2O2.C22H22F6N2O2.CH4/c1-19(21-12-23(28(30,31)32)14-24(13-21)29(33,34)35)39-18-26(22-10-6-3-7-11-22)16-27(17-26,25(36)38)37-15-20-8-4-2-5-9-20;1-13(14-7-16(21(23,24)25)9-17(8-14)22(26,27)28)32-12-19(15-5-3-2-4-6-15)10-20(30,11-19)18(29)31;/h2-14,19,37H,15-18H2,1H3,(H2,36,38);2-9,13H,10-12,30H2,1H3,(H2,29,31);1H4/t19-,26?,27?;13-,19?,20?;/m11./s1. The van der Waals surface area contributed by atoms with Crippen LogP contribution in [0.4, 0.5) is 52.7 Å². The van der Waals surface area contributed by atoms with E-state index in [0.29, 0.717) is 30.8 Å². The third-order valence-corrected chi connectivity index (χ3v) is 13.2. The van der Waals surface area contributed by atoms with Gasteiger partial charge in [-0.15, -0.1) is 0 Å². The number of rotatable bonds is 15. The number of halogens is 12. The third-order valence-electron chi connectivity index (χ3n) is 13.2. The molecule has 20 heteroatoms. The molecule has 0 unspecified atom stereocenters. The van der Waals surface area contributed by atoms with E-state index in [1.165, 1.54) is 13.8 Å². The van der Waals surface area contributed by atoms with Crippen molar-refractivity contribution in [2.45, 2.75) is 112 Å². The van der Waals surface area contributed by atoms with Gasteiger partial charge in [-0.05, 0) is 104 Å². The number of carbonyl (C=O) groups is 2. The molecule has 2 fully saturated rings. The summed E-state index contributed by atoms with van der Waals surface area (Å²) in [5.41, 5.74) is 9.85. The van der Waals surface area contributed by atoms with Crippen LogP contribution in [0.15, 0.2) is 127 Å². The minimum atomic E-state index is -4.96. The van der Waals surface area contributed by atoms with Crippen molar-refractivity contribution in [3.05, 3.63) is 177 Å². The molecule has 0 aliphatic heterocycles. The first-order chi connectivity index (χ1) is 32.9. The lowest BCUT2D eigenvalue weighted by Gasteiger charge is -2.55. The van der Waals surface area contributed by atoms with Gasteiger partial charge in [0.15, 0.2) is 0 Å². The summed E-state index contributed by atoms with van der Waals surface area (Å²) in [5, 5.41) is 3.26. The monoisotopic (exact) mass is 1030 g/mol. The summed E-state index contributed by atoms with van der Waals surface area (Å²) in [5.74, 6) is -1.24. The van der Waals surface area contributed by atoms with E-state index in [-0.39, 0.29) is 69.6 Å². The van der Waals surface area contributed by atoms with Crippen molar-refractivity contribution in [3.63, 3.8) is 0 Å². The average Bonchev–Trinajstić information content (AvgIpc) is 3.28. The fourth-order valence-corrected chi connectivity index (χ4v) is 9.24. The molecule has 2 atom stereocenters. The Morgan fingerprint density at radius 3 is 1.15 bits per heavy atom. The molecular weight excluding hydrogens is 973 g/mol. The van der Waals surface area contributed by atoms with Gasteiger partial charge < -0.3 is 26.7 Å². The molecule has 7 N–H and O–H groups in total. The molecular formula is C52H54F12N4O4. The van der Waals surface area contributed by atoms with E-state index in [1.807, 2.05) is 60.7 Å². The van der Waals surface area contributed by atoms with Crippen molar-refractivity contribution in [2.24, 2.45) is 17.2 Å². The van der Waals surface area contributed by atoms with Gasteiger partial charge in [0.2, 0.25) is 11.8 Å². The minimum Gasteiger partial charge on any atom is -0.373 e. The van der Waals surface area contributed by atoms with Crippen molar-refractivity contribution < 1.29 is 71.7 Å². The van der Waals surface area contributed by atoms with E-state index in [9.17, 15) is 62.3 Å². The second-order valence-corrected chi connectivity index (χ2v) is 18.4. The molecule has 72 heavy (non-hydrogen) atoms. The maximum Gasteiger partial charge on any atom is 0.416 e. The summed E-state index contributed by atoms with van der Waals surface area (Å²) < 4.78 is 171. The van der Waals surface area contributed by atoms with E-state index < -0.39 is 92.9 Å². The Bertz CT molecular complexity index is 2570. The van der Waals surface area contributed by atoms with Gasteiger partial charge in [0.1, 0.15) is 0 Å². The van der Waals surface area contributed by atoms with Crippen LogP contribution in [-0.4, -0.2) is 36.1 Å². The summed E-state index contributed by atoms with van der Waals surface area (Å²) in [6.07, 6.45) is -21.2. The van der Waals surface area contributed by atoms with E-state index >= 15 is 0 Å². The maximum absolute atomic E-state index is 13.4. The summed E-state index contributed by atoms with van der Waals surface area (Å²) in [6.45, 7) is 3.05.